The van der Waals surface area contributed by atoms with Gasteiger partial charge in [0.05, 0.1) is 10.4 Å². The Morgan fingerprint density at radius 2 is 1.81 bits per heavy atom. The number of piperidine rings is 1. The maximum absolute atomic E-state index is 12.5. The predicted octanol–water partition coefficient (Wildman–Crippen LogP) is 4.13. The van der Waals surface area contributed by atoms with E-state index in [9.17, 15) is 8.42 Å². The number of anilines is 2. The quantitative estimate of drug-likeness (QED) is 0.533. The lowest BCUT2D eigenvalue weighted by Crippen LogP contribution is -2.46. The minimum Gasteiger partial charge on any atom is -0.371 e. The number of rotatable bonds is 8. The van der Waals surface area contributed by atoms with Gasteiger partial charge in [0.15, 0.2) is 0 Å². The molecule has 0 spiro atoms. The molecule has 31 heavy (non-hydrogen) atoms. The largest absolute Gasteiger partial charge is 0.371 e. The number of nitrogens with zero attached hydrogens (tertiary/aromatic N) is 2. The van der Waals surface area contributed by atoms with E-state index in [0.29, 0.717) is 17.8 Å². The molecule has 1 aliphatic heterocycles. The first-order valence-electron chi connectivity index (χ1n) is 10.6. The van der Waals surface area contributed by atoms with E-state index < -0.39 is 10.0 Å². The van der Waals surface area contributed by atoms with E-state index in [-0.39, 0.29) is 4.90 Å². The van der Waals surface area contributed by atoms with E-state index >= 15 is 0 Å². The van der Waals surface area contributed by atoms with Crippen LogP contribution in [0.25, 0.3) is 0 Å². The van der Waals surface area contributed by atoms with Crippen LogP contribution in [0.15, 0.2) is 71.2 Å². The summed E-state index contributed by atoms with van der Waals surface area (Å²) in [5.41, 5.74) is 3.58. The molecule has 8 heteroatoms. The van der Waals surface area contributed by atoms with Crippen molar-refractivity contribution >= 4 is 32.7 Å². The molecule has 0 radical (unpaired) electrons. The fourth-order valence-corrected chi connectivity index (χ4v) is 5.77. The van der Waals surface area contributed by atoms with Gasteiger partial charge in [0.2, 0.25) is 0 Å². The van der Waals surface area contributed by atoms with Gasteiger partial charge < -0.3 is 10.2 Å². The molecule has 1 aromatic heterocycles. The minimum absolute atomic E-state index is 0.262. The fraction of sp³-hybridized carbons (Fsp3) is 0.348. The van der Waals surface area contributed by atoms with Gasteiger partial charge >= 0.3 is 0 Å². The molecule has 2 heterocycles. The zero-order chi connectivity index (χ0) is 21.7. The van der Waals surface area contributed by atoms with Gasteiger partial charge in [0.25, 0.3) is 10.0 Å². The van der Waals surface area contributed by atoms with Crippen molar-refractivity contribution < 1.29 is 8.42 Å². The average molecular weight is 457 g/mol. The van der Waals surface area contributed by atoms with E-state index in [1.54, 1.807) is 41.7 Å². The highest BCUT2D eigenvalue weighted by Crippen LogP contribution is 2.24. The van der Waals surface area contributed by atoms with Gasteiger partial charge in [0, 0.05) is 47.6 Å². The summed E-state index contributed by atoms with van der Waals surface area (Å²) in [7, 11) is -3.56. The van der Waals surface area contributed by atoms with Crippen molar-refractivity contribution in [2.45, 2.75) is 43.2 Å². The van der Waals surface area contributed by atoms with Crippen LogP contribution in [0.3, 0.4) is 0 Å². The molecule has 1 aliphatic rings. The maximum Gasteiger partial charge on any atom is 0.261 e. The van der Waals surface area contributed by atoms with Crippen molar-refractivity contribution in [2.24, 2.45) is 0 Å². The van der Waals surface area contributed by atoms with Crippen molar-refractivity contribution in [3.05, 3.63) is 71.2 Å². The summed E-state index contributed by atoms with van der Waals surface area (Å²) in [4.78, 5) is 8.10. The highest BCUT2D eigenvalue weighted by molar-refractivity contribution is 7.92. The molecule has 3 aromatic rings. The Kier molecular flexibility index (Phi) is 6.89. The fourth-order valence-electron chi connectivity index (χ4n) is 3.96. The molecule has 1 atom stereocenters. The van der Waals surface area contributed by atoms with E-state index in [0.717, 1.165) is 38.0 Å². The van der Waals surface area contributed by atoms with Crippen LogP contribution in [0, 0.1) is 0 Å². The summed E-state index contributed by atoms with van der Waals surface area (Å²) in [5, 5.41) is 3.76. The number of sulfonamides is 1. The summed E-state index contributed by atoms with van der Waals surface area (Å²) >= 11 is 1.71. The Morgan fingerprint density at radius 1 is 1.10 bits per heavy atom. The molecule has 0 saturated carbocycles. The Morgan fingerprint density at radius 3 is 2.45 bits per heavy atom. The van der Waals surface area contributed by atoms with Gasteiger partial charge in [-0.1, -0.05) is 18.2 Å². The Balaban J connectivity index is 1.28. The third-order valence-corrected chi connectivity index (χ3v) is 7.74. The van der Waals surface area contributed by atoms with Crippen molar-refractivity contribution in [3.63, 3.8) is 0 Å². The van der Waals surface area contributed by atoms with Crippen molar-refractivity contribution in [3.8, 4) is 0 Å². The van der Waals surface area contributed by atoms with E-state index in [1.807, 2.05) is 36.0 Å². The normalized spacial score (nSPS) is 16.2. The third-order valence-electron chi connectivity index (χ3n) is 5.54. The summed E-state index contributed by atoms with van der Waals surface area (Å²) in [6.07, 6.45) is 5.16. The SMILES string of the molecule is CC(Cc1cncs1)NC1CCN(c2ccc(NS(=O)(=O)c3ccccc3)cc2)CC1. The number of aromatic nitrogens is 1. The molecule has 0 amide bonds. The number of hydrogen-bond acceptors (Lipinski definition) is 6. The van der Waals surface area contributed by atoms with Crippen LogP contribution in [0.4, 0.5) is 11.4 Å². The first-order chi connectivity index (χ1) is 15.0. The second-order valence-electron chi connectivity index (χ2n) is 7.97. The third kappa shape index (κ3) is 5.84. The Labute approximate surface area is 188 Å². The predicted molar refractivity (Wildman–Crippen MR) is 127 cm³/mol. The zero-order valence-corrected chi connectivity index (χ0v) is 19.2. The van der Waals surface area contributed by atoms with Crippen LogP contribution in [-0.2, 0) is 16.4 Å². The van der Waals surface area contributed by atoms with Crippen LogP contribution in [0.5, 0.6) is 0 Å². The molecule has 6 nitrogen and oxygen atoms in total. The molecule has 0 aliphatic carbocycles. The summed E-state index contributed by atoms with van der Waals surface area (Å²) in [5.74, 6) is 0. The molecular formula is C23H28N4O2S2. The van der Waals surface area contributed by atoms with Crippen LogP contribution in [0.2, 0.25) is 0 Å². The monoisotopic (exact) mass is 456 g/mol. The topological polar surface area (TPSA) is 74.3 Å². The molecule has 0 bridgehead atoms. The highest BCUT2D eigenvalue weighted by Gasteiger charge is 2.21. The standard InChI is InChI=1S/C23H28N4O2S2/c1-18(15-22-16-24-17-30-22)25-19-11-13-27(14-12-19)21-9-7-20(8-10-21)26-31(28,29)23-5-3-2-4-6-23/h2-10,16-19,25-26H,11-15H2,1H3. The van der Waals surface area contributed by atoms with Gasteiger partial charge in [-0.2, -0.15) is 0 Å². The molecule has 2 aromatic carbocycles. The molecule has 4 rings (SSSR count). The van der Waals surface area contributed by atoms with Gasteiger partial charge in [-0.25, -0.2) is 8.42 Å². The van der Waals surface area contributed by atoms with Crippen LogP contribution in [-0.4, -0.2) is 38.6 Å². The van der Waals surface area contributed by atoms with E-state index in [4.69, 9.17) is 0 Å². The van der Waals surface area contributed by atoms with Crippen molar-refractivity contribution in [1.29, 1.82) is 0 Å². The number of nitrogens with one attached hydrogen (secondary N) is 2. The summed E-state index contributed by atoms with van der Waals surface area (Å²) in [6.45, 7) is 4.21. The molecule has 1 saturated heterocycles. The molecule has 164 valence electrons. The smallest absolute Gasteiger partial charge is 0.261 e. The van der Waals surface area contributed by atoms with Gasteiger partial charge in [-0.3, -0.25) is 9.71 Å². The first kappa shape index (κ1) is 21.8. The number of benzene rings is 2. The second-order valence-corrected chi connectivity index (χ2v) is 10.6. The Bertz CT molecular complexity index is 1050. The zero-order valence-electron chi connectivity index (χ0n) is 17.6. The maximum atomic E-state index is 12.5. The second kappa shape index (κ2) is 9.80. The van der Waals surface area contributed by atoms with E-state index in [2.05, 4.69) is 26.8 Å². The molecule has 2 N–H and O–H groups in total. The molecule has 1 fully saturated rings. The Hall–Kier alpha value is -2.42. The van der Waals surface area contributed by atoms with Crippen LogP contribution in [0.1, 0.15) is 24.6 Å². The van der Waals surface area contributed by atoms with Crippen molar-refractivity contribution in [2.75, 3.05) is 22.7 Å². The highest BCUT2D eigenvalue weighted by atomic mass is 32.2. The van der Waals surface area contributed by atoms with Crippen LogP contribution >= 0.6 is 11.3 Å². The van der Waals surface area contributed by atoms with E-state index in [1.165, 1.54) is 4.88 Å². The lowest BCUT2D eigenvalue weighted by Gasteiger charge is -2.35. The molecular weight excluding hydrogens is 428 g/mol. The lowest BCUT2D eigenvalue weighted by molar-refractivity contribution is 0.376. The summed E-state index contributed by atoms with van der Waals surface area (Å²) in [6, 6.07) is 17.0. The number of hydrogen-bond donors (Lipinski definition) is 2. The van der Waals surface area contributed by atoms with Gasteiger partial charge in [-0.05, 0) is 62.6 Å². The number of thiazole rings is 1. The van der Waals surface area contributed by atoms with Crippen LogP contribution < -0.4 is 14.9 Å². The minimum atomic E-state index is -3.56. The first-order valence-corrected chi connectivity index (χ1v) is 12.9. The lowest BCUT2D eigenvalue weighted by atomic mass is 10.0. The van der Waals surface area contributed by atoms with Gasteiger partial charge in [-0.15, -0.1) is 11.3 Å². The van der Waals surface area contributed by atoms with Gasteiger partial charge in [0.1, 0.15) is 0 Å². The average Bonchev–Trinajstić information content (AvgIpc) is 3.28. The summed E-state index contributed by atoms with van der Waals surface area (Å²) < 4.78 is 27.6. The van der Waals surface area contributed by atoms with Crippen molar-refractivity contribution in [1.82, 2.24) is 10.3 Å². The molecule has 1 unspecified atom stereocenters.